The van der Waals surface area contributed by atoms with E-state index >= 15 is 0 Å². The van der Waals surface area contributed by atoms with E-state index in [9.17, 15) is 16.8 Å². The average molecular weight is 296 g/mol. The van der Waals surface area contributed by atoms with Gasteiger partial charge in [0.05, 0.1) is 23.9 Å². The number of nitrogens with one attached hydrogen (secondary N) is 1. The third-order valence-corrected chi connectivity index (χ3v) is 6.57. The van der Waals surface area contributed by atoms with Crippen molar-refractivity contribution in [2.45, 2.75) is 13.1 Å². The number of likely N-dealkylation sites (tertiary alicyclic amines) is 1. The summed E-state index contributed by atoms with van der Waals surface area (Å²) in [6, 6.07) is 0. The molecule has 8 heteroatoms. The van der Waals surface area contributed by atoms with Gasteiger partial charge in [0.25, 0.3) is 0 Å². The lowest BCUT2D eigenvalue weighted by Crippen LogP contribution is -2.63. The van der Waals surface area contributed by atoms with Gasteiger partial charge in [0.15, 0.2) is 9.84 Å². The Morgan fingerprint density at radius 3 is 2.44 bits per heavy atom. The molecule has 106 valence electrons. The van der Waals surface area contributed by atoms with Gasteiger partial charge in [-0.05, 0) is 18.9 Å². The fourth-order valence-electron chi connectivity index (χ4n) is 3.15. The van der Waals surface area contributed by atoms with Crippen LogP contribution in [0.1, 0.15) is 6.92 Å². The molecule has 2 aliphatic rings. The highest BCUT2D eigenvalue weighted by Crippen LogP contribution is 2.37. The lowest BCUT2D eigenvalue weighted by molar-refractivity contribution is 0.0357. The number of hydrogen-bond donors (Lipinski definition) is 1. The van der Waals surface area contributed by atoms with Gasteiger partial charge in [-0.15, -0.1) is 0 Å². The van der Waals surface area contributed by atoms with E-state index in [1.165, 1.54) is 0 Å². The largest absolute Gasteiger partial charge is 0.290 e. The molecule has 0 aromatic heterocycles. The Labute approximate surface area is 109 Å². The third-order valence-electron chi connectivity index (χ3n) is 4.07. The molecule has 2 rings (SSSR count). The molecule has 2 heterocycles. The molecule has 2 saturated heterocycles. The van der Waals surface area contributed by atoms with E-state index < -0.39 is 26.0 Å². The molecule has 18 heavy (non-hydrogen) atoms. The van der Waals surface area contributed by atoms with Gasteiger partial charge < -0.3 is 0 Å². The van der Waals surface area contributed by atoms with Gasteiger partial charge >= 0.3 is 0 Å². The van der Waals surface area contributed by atoms with Crippen LogP contribution in [0.5, 0.6) is 0 Å². The molecule has 0 aromatic carbocycles. The van der Waals surface area contributed by atoms with Crippen molar-refractivity contribution in [3.8, 4) is 0 Å². The minimum absolute atomic E-state index is 0.0716. The van der Waals surface area contributed by atoms with Gasteiger partial charge in [0.2, 0.25) is 10.0 Å². The Morgan fingerprint density at radius 2 is 1.89 bits per heavy atom. The minimum Gasteiger partial charge on any atom is -0.290 e. The van der Waals surface area contributed by atoms with E-state index in [1.807, 2.05) is 18.9 Å². The molecule has 0 spiro atoms. The van der Waals surface area contributed by atoms with Crippen LogP contribution in [-0.4, -0.2) is 59.3 Å². The quantitative estimate of drug-likeness (QED) is 0.714. The molecule has 0 saturated carbocycles. The van der Waals surface area contributed by atoms with Crippen molar-refractivity contribution >= 4 is 19.9 Å². The summed E-state index contributed by atoms with van der Waals surface area (Å²) in [5.41, 5.74) is 0. The van der Waals surface area contributed by atoms with E-state index in [2.05, 4.69) is 4.72 Å². The number of rotatable bonds is 2. The van der Waals surface area contributed by atoms with Crippen molar-refractivity contribution < 1.29 is 16.8 Å². The highest BCUT2D eigenvalue weighted by molar-refractivity contribution is 7.91. The summed E-state index contributed by atoms with van der Waals surface area (Å²) in [5.74, 6) is 0.463. The molecule has 4 unspecified atom stereocenters. The predicted molar refractivity (Wildman–Crippen MR) is 69.2 cm³/mol. The zero-order chi connectivity index (χ0) is 13.7. The summed E-state index contributed by atoms with van der Waals surface area (Å²) < 4.78 is 49.0. The van der Waals surface area contributed by atoms with Crippen molar-refractivity contribution in [1.29, 1.82) is 0 Å². The van der Waals surface area contributed by atoms with Gasteiger partial charge in [-0.25, -0.2) is 16.8 Å². The lowest BCUT2D eigenvalue weighted by atomic mass is 9.78. The molecule has 0 aromatic rings. The van der Waals surface area contributed by atoms with Gasteiger partial charge in [-0.2, -0.15) is 4.72 Å². The molecule has 0 amide bonds. The summed E-state index contributed by atoms with van der Waals surface area (Å²) in [5, 5.41) is 0. The van der Waals surface area contributed by atoms with E-state index in [0.717, 1.165) is 6.26 Å². The molecular formula is C10H20N2O4S2. The molecule has 2 bridgehead atoms. The molecule has 0 aliphatic carbocycles. The molecule has 1 N–H and O–H groups in total. The Bertz CT molecular complexity index is 526. The molecule has 2 fully saturated rings. The van der Waals surface area contributed by atoms with Crippen LogP contribution in [0, 0.1) is 17.8 Å². The average Bonchev–Trinajstić information content (AvgIpc) is 2.15. The first-order valence-electron chi connectivity index (χ1n) is 5.97. The number of sulfone groups is 1. The van der Waals surface area contributed by atoms with Gasteiger partial charge in [0.1, 0.15) is 0 Å². The second kappa shape index (κ2) is 4.43. The number of sulfonamides is 1. The van der Waals surface area contributed by atoms with E-state index in [1.54, 1.807) is 0 Å². The fourth-order valence-corrected chi connectivity index (χ4v) is 6.21. The smallest absolute Gasteiger partial charge is 0.210 e. The van der Waals surface area contributed by atoms with Crippen molar-refractivity contribution in [3.05, 3.63) is 0 Å². The van der Waals surface area contributed by atoms with Crippen LogP contribution in [0.25, 0.3) is 0 Å². The maximum atomic E-state index is 11.8. The van der Waals surface area contributed by atoms with Crippen molar-refractivity contribution in [3.63, 3.8) is 0 Å². The first-order valence-corrected chi connectivity index (χ1v) is 9.68. The molecule has 2 aliphatic heterocycles. The number of fused-ring (bicyclic) bond motifs is 2. The Balaban J connectivity index is 2.30. The summed E-state index contributed by atoms with van der Waals surface area (Å²) in [6.45, 7) is 2.64. The van der Waals surface area contributed by atoms with Gasteiger partial charge in [-0.3, -0.25) is 4.90 Å². The van der Waals surface area contributed by atoms with Crippen molar-refractivity contribution in [1.82, 2.24) is 9.62 Å². The summed E-state index contributed by atoms with van der Waals surface area (Å²) >= 11 is 0. The highest BCUT2D eigenvalue weighted by atomic mass is 32.2. The molecule has 4 atom stereocenters. The minimum atomic E-state index is -3.34. The Kier molecular flexibility index (Phi) is 3.50. The second-order valence-electron chi connectivity index (χ2n) is 5.63. The van der Waals surface area contributed by atoms with E-state index in [4.69, 9.17) is 0 Å². The molecule has 0 radical (unpaired) electrons. The summed E-state index contributed by atoms with van der Waals surface area (Å²) in [6.07, 6.45) is 0.691. The number of piperidine rings is 1. The van der Waals surface area contributed by atoms with Crippen molar-refractivity contribution in [2.24, 2.45) is 17.8 Å². The van der Waals surface area contributed by atoms with Crippen LogP contribution in [-0.2, 0) is 19.9 Å². The Morgan fingerprint density at radius 1 is 1.28 bits per heavy atom. The monoisotopic (exact) mass is 296 g/mol. The first-order chi connectivity index (χ1) is 8.09. The first kappa shape index (κ1) is 14.2. The SMILES string of the molecule is CC1C2CN(C)C(NS(C)(=O)=O)C1CS(=O)(=O)C2. The van der Waals surface area contributed by atoms with Gasteiger partial charge in [0, 0.05) is 12.5 Å². The third kappa shape index (κ3) is 2.87. The van der Waals surface area contributed by atoms with Gasteiger partial charge in [-0.1, -0.05) is 6.92 Å². The predicted octanol–water partition coefficient (Wildman–Crippen LogP) is -0.896. The number of nitrogens with zero attached hydrogens (tertiary/aromatic N) is 1. The van der Waals surface area contributed by atoms with Crippen LogP contribution in [0.3, 0.4) is 0 Å². The normalized spacial score (nSPS) is 40.6. The van der Waals surface area contributed by atoms with E-state index in [0.29, 0.717) is 6.54 Å². The standard InChI is InChI=1S/C10H20N2O4S2/c1-7-8-4-12(2)10(11-17(3,13)14)9(7)6-18(15,16)5-8/h7-11H,4-6H2,1-3H3. The lowest BCUT2D eigenvalue weighted by Gasteiger charge is -2.49. The second-order valence-corrected chi connectivity index (χ2v) is 9.57. The highest BCUT2D eigenvalue weighted by Gasteiger charge is 2.47. The number of hydrogen-bond acceptors (Lipinski definition) is 5. The van der Waals surface area contributed by atoms with Crippen molar-refractivity contribution in [2.75, 3.05) is 31.4 Å². The zero-order valence-corrected chi connectivity index (χ0v) is 12.5. The summed E-state index contributed by atoms with van der Waals surface area (Å²) in [7, 11) is -4.55. The maximum absolute atomic E-state index is 11.8. The maximum Gasteiger partial charge on any atom is 0.210 e. The zero-order valence-electron chi connectivity index (χ0n) is 10.8. The van der Waals surface area contributed by atoms with Crippen LogP contribution in [0.4, 0.5) is 0 Å². The van der Waals surface area contributed by atoms with E-state index in [-0.39, 0.29) is 29.3 Å². The topological polar surface area (TPSA) is 83.6 Å². The van der Waals surface area contributed by atoms with Crippen LogP contribution in [0.2, 0.25) is 0 Å². The summed E-state index contributed by atoms with van der Waals surface area (Å²) in [4.78, 5) is 1.92. The van der Waals surface area contributed by atoms with Crippen LogP contribution >= 0.6 is 0 Å². The molecule has 6 nitrogen and oxygen atoms in total. The molecular weight excluding hydrogens is 276 g/mol. The van der Waals surface area contributed by atoms with Crippen LogP contribution in [0.15, 0.2) is 0 Å². The fraction of sp³-hybridized carbons (Fsp3) is 1.00. The Hall–Kier alpha value is -0.180. The van der Waals surface area contributed by atoms with Crippen LogP contribution < -0.4 is 4.72 Å².